The minimum atomic E-state index is 0.292. The molecule has 0 amide bonds. The Hall–Kier alpha value is -1.13. The van der Waals surface area contributed by atoms with Gasteiger partial charge in [0.15, 0.2) is 0 Å². The Labute approximate surface area is 121 Å². The highest BCUT2D eigenvalue weighted by Crippen LogP contribution is 2.26. The Morgan fingerprint density at radius 3 is 3.05 bits per heavy atom. The molecule has 112 valence electrons. The SMILES string of the molecule is CCCNC(CC1CCCCO1)c1cncc(OC)c1. The van der Waals surface area contributed by atoms with E-state index in [0.29, 0.717) is 12.1 Å². The van der Waals surface area contributed by atoms with Crippen molar-refractivity contribution in [2.45, 2.75) is 51.2 Å². The van der Waals surface area contributed by atoms with Gasteiger partial charge in [-0.25, -0.2) is 0 Å². The smallest absolute Gasteiger partial charge is 0.137 e. The summed E-state index contributed by atoms with van der Waals surface area (Å²) in [6, 6.07) is 2.36. The average Bonchev–Trinajstić information content (AvgIpc) is 2.52. The van der Waals surface area contributed by atoms with E-state index in [1.807, 2.05) is 6.20 Å². The van der Waals surface area contributed by atoms with Gasteiger partial charge in [0.2, 0.25) is 0 Å². The molecule has 0 aromatic carbocycles. The molecule has 2 atom stereocenters. The first kappa shape index (κ1) is 15.3. The van der Waals surface area contributed by atoms with E-state index in [9.17, 15) is 0 Å². The molecular weight excluding hydrogens is 252 g/mol. The van der Waals surface area contributed by atoms with E-state index >= 15 is 0 Å². The van der Waals surface area contributed by atoms with Crippen LogP contribution in [0.1, 0.15) is 50.6 Å². The largest absolute Gasteiger partial charge is 0.495 e. The normalized spacial score (nSPS) is 20.6. The molecule has 1 aliphatic heterocycles. The molecule has 0 saturated carbocycles. The van der Waals surface area contributed by atoms with Crippen molar-refractivity contribution in [3.63, 3.8) is 0 Å². The molecule has 2 heterocycles. The molecule has 1 fully saturated rings. The van der Waals surface area contributed by atoms with E-state index in [4.69, 9.17) is 9.47 Å². The molecule has 0 aliphatic carbocycles. The molecule has 4 nitrogen and oxygen atoms in total. The number of ether oxygens (including phenoxy) is 2. The molecule has 1 aromatic heterocycles. The van der Waals surface area contributed by atoms with E-state index < -0.39 is 0 Å². The van der Waals surface area contributed by atoms with Crippen LogP contribution >= 0.6 is 0 Å². The van der Waals surface area contributed by atoms with Crippen LogP contribution < -0.4 is 10.1 Å². The third-order valence-corrected chi connectivity index (χ3v) is 3.79. The van der Waals surface area contributed by atoms with Crippen molar-refractivity contribution in [3.8, 4) is 5.75 Å². The first-order valence-electron chi connectivity index (χ1n) is 7.67. The Balaban J connectivity index is 2.04. The number of nitrogens with zero attached hydrogens (tertiary/aromatic N) is 1. The number of hydrogen-bond donors (Lipinski definition) is 1. The van der Waals surface area contributed by atoms with Gasteiger partial charge in [0, 0.05) is 18.8 Å². The van der Waals surface area contributed by atoms with Gasteiger partial charge in [-0.05, 0) is 50.3 Å². The summed E-state index contributed by atoms with van der Waals surface area (Å²) in [6.07, 6.45) is 9.82. The standard InChI is InChI=1S/C16H26N2O2/c1-3-7-18-16(10-14-6-4-5-8-20-14)13-9-15(19-2)12-17-11-13/h9,11-12,14,16,18H,3-8,10H2,1-2H3. The molecule has 1 N–H and O–H groups in total. The Kier molecular flexibility index (Phi) is 6.27. The van der Waals surface area contributed by atoms with Crippen LogP contribution in [0.5, 0.6) is 5.75 Å². The first-order chi connectivity index (χ1) is 9.83. The molecule has 20 heavy (non-hydrogen) atoms. The number of rotatable bonds is 7. The highest BCUT2D eigenvalue weighted by atomic mass is 16.5. The lowest BCUT2D eigenvalue weighted by Gasteiger charge is -2.28. The minimum Gasteiger partial charge on any atom is -0.495 e. The van der Waals surface area contributed by atoms with Crippen LogP contribution in [0.3, 0.4) is 0 Å². The van der Waals surface area contributed by atoms with Crippen LogP contribution in [0, 0.1) is 0 Å². The van der Waals surface area contributed by atoms with Gasteiger partial charge >= 0.3 is 0 Å². The fourth-order valence-electron chi connectivity index (χ4n) is 2.65. The molecule has 4 heteroatoms. The monoisotopic (exact) mass is 278 g/mol. The lowest BCUT2D eigenvalue weighted by Crippen LogP contribution is -2.29. The second-order valence-corrected chi connectivity index (χ2v) is 5.39. The summed E-state index contributed by atoms with van der Waals surface area (Å²) in [7, 11) is 1.68. The predicted octanol–water partition coefficient (Wildman–Crippen LogP) is 3.09. The molecule has 2 rings (SSSR count). The topological polar surface area (TPSA) is 43.4 Å². The van der Waals surface area contributed by atoms with Gasteiger partial charge in [0.1, 0.15) is 5.75 Å². The molecule has 0 radical (unpaired) electrons. The molecular formula is C16H26N2O2. The summed E-state index contributed by atoms with van der Waals surface area (Å²) in [4.78, 5) is 4.27. The van der Waals surface area contributed by atoms with E-state index in [-0.39, 0.29) is 0 Å². The molecule has 0 bridgehead atoms. The van der Waals surface area contributed by atoms with E-state index in [2.05, 4.69) is 23.3 Å². The maximum absolute atomic E-state index is 5.87. The molecule has 1 saturated heterocycles. The number of hydrogen-bond acceptors (Lipinski definition) is 4. The van der Waals surface area contributed by atoms with Gasteiger partial charge < -0.3 is 14.8 Å². The molecule has 1 aromatic rings. The number of pyridine rings is 1. The molecule has 1 aliphatic rings. The average molecular weight is 278 g/mol. The van der Waals surface area contributed by atoms with Crippen molar-refractivity contribution >= 4 is 0 Å². The highest BCUT2D eigenvalue weighted by molar-refractivity contribution is 5.26. The lowest BCUT2D eigenvalue weighted by molar-refractivity contribution is 0.00502. The van der Waals surface area contributed by atoms with Crippen molar-refractivity contribution in [2.75, 3.05) is 20.3 Å². The van der Waals surface area contributed by atoms with Crippen molar-refractivity contribution in [1.82, 2.24) is 10.3 Å². The zero-order chi connectivity index (χ0) is 14.2. The van der Waals surface area contributed by atoms with Gasteiger partial charge in [0.05, 0.1) is 19.4 Å². The minimum absolute atomic E-state index is 0.292. The quantitative estimate of drug-likeness (QED) is 0.832. The van der Waals surface area contributed by atoms with Gasteiger partial charge in [-0.15, -0.1) is 0 Å². The van der Waals surface area contributed by atoms with Crippen molar-refractivity contribution < 1.29 is 9.47 Å². The Morgan fingerprint density at radius 2 is 2.35 bits per heavy atom. The van der Waals surface area contributed by atoms with Crippen LogP contribution in [0.15, 0.2) is 18.5 Å². The van der Waals surface area contributed by atoms with Crippen LogP contribution in [0.4, 0.5) is 0 Å². The lowest BCUT2D eigenvalue weighted by atomic mass is 9.97. The van der Waals surface area contributed by atoms with Gasteiger partial charge in [-0.3, -0.25) is 4.98 Å². The second-order valence-electron chi connectivity index (χ2n) is 5.39. The van der Waals surface area contributed by atoms with Crippen LogP contribution in [-0.2, 0) is 4.74 Å². The third-order valence-electron chi connectivity index (χ3n) is 3.79. The number of methoxy groups -OCH3 is 1. The highest BCUT2D eigenvalue weighted by Gasteiger charge is 2.21. The van der Waals surface area contributed by atoms with E-state index in [1.54, 1.807) is 13.3 Å². The van der Waals surface area contributed by atoms with Gasteiger partial charge in [-0.2, -0.15) is 0 Å². The first-order valence-corrected chi connectivity index (χ1v) is 7.67. The zero-order valence-electron chi connectivity index (χ0n) is 12.6. The zero-order valence-corrected chi connectivity index (χ0v) is 12.6. The third kappa shape index (κ3) is 4.46. The van der Waals surface area contributed by atoms with Gasteiger partial charge in [0.25, 0.3) is 0 Å². The summed E-state index contributed by atoms with van der Waals surface area (Å²) in [6.45, 7) is 4.10. The Morgan fingerprint density at radius 1 is 1.45 bits per heavy atom. The summed E-state index contributed by atoms with van der Waals surface area (Å²) in [5.74, 6) is 0.815. The van der Waals surface area contributed by atoms with Crippen LogP contribution in [0.25, 0.3) is 0 Å². The summed E-state index contributed by atoms with van der Waals surface area (Å²) in [5, 5.41) is 3.61. The van der Waals surface area contributed by atoms with Crippen molar-refractivity contribution in [2.24, 2.45) is 0 Å². The maximum Gasteiger partial charge on any atom is 0.137 e. The van der Waals surface area contributed by atoms with Crippen molar-refractivity contribution in [3.05, 3.63) is 24.0 Å². The Bertz CT molecular complexity index is 392. The van der Waals surface area contributed by atoms with Crippen molar-refractivity contribution in [1.29, 1.82) is 0 Å². The second kappa shape index (κ2) is 8.22. The summed E-state index contributed by atoms with van der Waals surface area (Å²) < 4.78 is 11.2. The molecule has 2 unspecified atom stereocenters. The van der Waals surface area contributed by atoms with Crippen LogP contribution in [-0.4, -0.2) is 31.3 Å². The molecule has 0 spiro atoms. The summed E-state index contributed by atoms with van der Waals surface area (Å²) in [5.41, 5.74) is 1.19. The fraction of sp³-hybridized carbons (Fsp3) is 0.688. The van der Waals surface area contributed by atoms with E-state index in [1.165, 1.54) is 24.8 Å². The van der Waals surface area contributed by atoms with Crippen LogP contribution in [0.2, 0.25) is 0 Å². The maximum atomic E-state index is 5.87. The fourth-order valence-corrected chi connectivity index (χ4v) is 2.65. The van der Waals surface area contributed by atoms with E-state index in [0.717, 1.165) is 31.7 Å². The number of aromatic nitrogens is 1. The van der Waals surface area contributed by atoms with Gasteiger partial charge in [-0.1, -0.05) is 6.92 Å². The predicted molar refractivity (Wildman–Crippen MR) is 80.0 cm³/mol. The number of nitrogens with one attached hydrogen (secondary N) is 1. The summed E-state index contributed by atoms with van der Waals surface area (Å²) >= 11 is 0.